The van der Waals surface area contributed by atoms with E-state index in [1.165, 1.54) is 11.1 Å². The van der Waals surface area contributed by atoms with E-state index in [-0.39, 0.29) is 16.9 Å². The zero-order valence-corrected chi connectivity index (χ0v) is 14.4. The Morgan fingerprint density at radius 3 is 2.50 bits per heavy atom. The van der Waals surface area contributed by atoms with E-state index in [0.29, 0.717) is 17.6 Å². The molecule has 1 aromatic carbocycles. The van der Waals surface area contributed by atoms with Gasteiger partial charge in [0.1, 0.15) is 5.75 Å². The van der Waals surface area contributed by atoms with Crippen LogP contribution in [0.4, 0.5) is 0 Å². The van der Waals surface area contributed by atoms with Gasteiger partial charge in [-0.3, -0.25) is 0 Å². The van der Waals surface area contributed by atoms with Crippen LogP contribution >= 0.6 is 0 Å². The largest absolute Gasteiger partial charge is 0.508 e. The fraction of sp³-hybridized carbons (Fsp3) is 0.600. The molecule has 0 aliphatic heterocycles. The molecule has 0 aromatic heterocycles. The van der Waals surface area contributed by atoms with E-state index in [1.54, 1.807) is 0 Å². The van der Waals surface area contributed by atoms with Gasteiger partial charge >= 0.3 is 0 Å². The van der Waals surface area contributed by atoms with Gasteiger partial charge in [-0.15, -0.1) is 0 Å². The maximum Gasteiger partial charge on any atom is 0.119 e. The summed E-state index contributed by atoms with van der Waals surface area (Å²) in [4.78, 5) is 0. The summed E-state index contributed by atoms with van der Waals surface area (Å²) in [5, 5.41) is 20.9. The van der Waals surface area contributed by atoms with Gasteiger partial charge in [-0.1, -0.05) is 46.8 Å². The van der Waals surface area contributed by atoms with Crippen LogP contribution in [0.5, 0.6) is 5.75 Å². The van der Waals surface area contributed by atoms with Gasteiger partial charge in [-0.2, -0.15) is 0 Å². The van der Waals surface area contributed by atoms with E-state index in [2.05, 4.69) is 52.8 Å². The summed E-state index contributed by atoms with van der Waals surface area (Å²) in [5.74, 6) is 1.02. The summed E-state index contributed by atoms with van der Waals surface area (Å²) < 4.78 is 0. The van der Waals surface area contributed by atoms with E-state index in [9.17, 15) is 10.2 Å². The number of aliphatic hydroxyl groups is 1. The van der Waals surface area contributed by atoms with E-state index < -0.39 is 0 Å². The first kappa shape index (κ1) is 15.6. The Morgan fingerprint density at radius 1 is 1.18 bits per heavy atom. The van der Waals surface area contributed by atoms with Gasteiger partial charge in [0.25, 0.3) is 0 Å². The third-order valence-corrected chi connectivity index (χ3v) is 6.19. The number of rotatable bonds is 1. The van der Waals surface area contributed by atoms with Crippen LogP contribution in [0.25, 0.3) is 6.08 Å². The summed E-state index contributed by atoms with van der Waals surface area (Å²) in [6.07, 6.45) is 5.99. The maximum absolute atomic E-state index is 10.5. The second-order valence-corrected chi connectivity index (χ2v) is 8.28. The predicted molar refractivity (Wildman–Crippen MR) is 91.1 cm³/mol. The molecule has 3 rings (SSSR count). The molecule has 1 saturated carbocycles. The molecule has 2 heteroatoms. The van der Waals surface area contributed by atoms with E-state index in [0.717, 1.165) is 18.4 Å². The quantitative estimate of drug-likeness (QED) is 0.796. The van der Waals surface area contributed by atoms with Crippen molar-refractivity contribution in [3.8, 4) is 5.75 Å². The zero-order chi connectivity index (χ0) is 16.3. The number of aromatic hydroxyl groups is 1. The van der Waals surface area contributed by atoms with Gasteiger partial charge in [0, 0.05) is 5.41 Å². The van der Waals surface area contributed by atoms with Crippen LogP contribution in [0.2, 0.25) is 0 Å². The average Bonchev–Trinajstić information content (AvgIpc) is 2.43. The summed E-state index contributed by atoms with van der Waals surface area (Å²) in [7, 11) is 0. The molecule has 0 radical (unpaired) electrons. The molecule has 0 heterocycles. The SMILES string of the molecule is CC(C)c1cc2c(cc1O)[C@@]1(C)CC[C@H](O)C(C)(C)[C@@H]1C=C2. The average molecular weight is 300 g/mol. The zero-order valence-electron chi connectivity index (χ0n) is 14.4. The van der Waals surface area contributed by atoms with Crippen LogP contribution in [0, 0.1) is 11.3 Å². The fourth-order valence-electron chi connectivity index (χ4n) is 4.67. The number of phenolic OH excluding ortho intramolecular Hbond substituents is 1. The van der Waals surface area contributed by atoms with Crippen LogP contribution in [0.3, 0.4) is 0 Å². The Morgan fingerprint density at radius 2 is 1.86 bits per heavy atom. The van der Waals surface area contributed by atoms with Crippen molar-refractivity contribution in [2.45, 2.75) is 64.9 Å². The first-order valence-electron chi connectivity index (χ1n) is 8.41. The number of benzene rings is 1. The highest BCUT2D eigenvalue weighted by atomic mass is 16.3. The molecule has 22 heavy (non-hydrogen) atoms. The Bertz CT molecular complexity index is 627. The highest BCUT2D eigenvalue weighted by Gasteiger charge is 2.52. The fourth-order valence-corrected chi connectivity index (χ4v) is 4.67. The first-order valence-corrected chi connectivity index (χ1v) is 8.41. The van der Waals surface area contributed by atoms with Crippen molar-refractivity contribution >= 4 is 6.08 Å². The van der Waals surface area contributed by atoms with Crippen LogP contribution < -0.4 is 0 Å². The molecular formula is C20H28O2. The molecule has 1 fully saturated rings. The van der Waals surface area contributed by atoms with E-state index >= 15 is 0 Å². The molecule has 3 atom stereocenters. The van der Waals surface area contributed by atoms with Gasteiger partial charge < -0.3 is 10.2 Å². The number of phenols is 1. The molecular weight excluding hydrogens is 272 g/mol. The third kappa shape index (κ3) is 2.04. The molecule has 0 amide bonds. The van der Waals surface area contributed by atoms with Crippen molar-refractivity contribution in [2.75, 3.05) is 0 Å². The lowest BCUT2D eigenvalue weighted by molar-refractivity contribution is -0.0482. The molecule has 2 aliphatic rings. The molecule has 120 valence electrons. The highest BCUT2D eigenvalue weighted by molar-refractivity contribution is 5.64. The molecule has 0 spiro atoms. The lowest BCUT2D eigenvalue weighted by Gasteiger charge is -2.54. The monoisotopic (exact) mass is 300 g/mol. The van der Waals surface area contributed by atoms with Gasteiger partial charge in [-0.25, -0.2) is 0 Å². The van der Waals surface area contributed by atoms with Gasteiger partial charge in [0.05, 0.1) is 6.10 Å². The molecule has 0 saturated heterocycles. The minimum atomic E-state index is -0.264. The van der Waals surface area contributed by atoms with Crippen molar-refractivity contribution in [2.24, 2.45) is 11.3 Å². The second-order valence-electron chi connectivity index (χ2n) is 8.28. The summed E-state index contributed by atoms with van der Waals surface area (Å²) >= 11 is 0. The van der Waals surface area contributed by atoms with Crippen molar-refractivity contribution in [1.82, 2.24) is 0 Å². The molecule has 2 N–H and O–H groups in total. The number of hydrogen-bond donors (Lipinski definition) is 2. The number of hydrogen-bond acceptors (Lipinski definition) is 2. The van der Waals surface area contributed by atoms with Crippen LogP contribution in [-0.4, -0.2) is 16.3 Å². The number of fused-ring (bicyclic) bond motifs is 3. The normalized spacial score (nSPS) is 32.7. The van der Waals surface area contributed by atoms with Gasteiger partial charge in [-0.05, 0) is 58.9 Å². The third-order valence-electron chi connectivity index (χ3n) is 6.19. The van der Waals surface area contributed by atoms with Crippen LogP contribution in [0.15, 0.2) is 18.2 Å². The maximum atomic E-state index is 10.5. The Kier molecular flexibility index (Phi) is 3.45. The Balaban J connectivity index is 2.16. The standard InChI is InChI=1S/C20H28O2/c1-12(2)14-10-13-6-7-17-19(3,4)18(22)8-9-20(17,5)15(13)11-16(14)21/h6-7,10-12,17-18,21-22H,8-9H2,1-5H3/t17-,18-,20+/m0/s1. The first-order chi connectivity index (χ1) is 10.2. The van der Waals surface area contributed by atoms with Gasteiger partial charge in [0.15, 0.2) is 0 Å². The minimum Gasteiger partial charge on any atom is -0.508 e. The topological polar surface area (TPSA) is 40.5 Å². The Labute approximate surface area is 133 Å². The summed E-state index contributed by atoms with van der Waals surface area (Å²) in [6, 6.07) is 4.13. The van der Waals surface area contributed by atoms with Crippen LogP contribution in [0.1, 0.15) is 70.1 Å². The smallest absolute Gasteiger partial charge is 0.119 e. The lowest BCUT2D eigenvalue weighted by Crippen LogP contribution is -2.52. The van der Waals surface area contributed by atoms with E-state index in [1.807, 2.05) is 6.07 Å². The summed E-state index contributed by atoms with van der Waals surface area (Å²) in [6.45, 7) is 10.8. The van der Waals surface area contributed by atoms with Crippen molar-refractivity contribution in [3.63, 3.8) is 0 Å². The van der Waals surface area contributed by atoms with E-state index in [4.69, 9.17) is 0 Å². The minimum absolute atomic E-state index is 0.0141. The predicted octanol–water partition coefficient (Wildman–Crippen LogP) is 4.60. The number of allylic oxidation sites excluding steroid dienone is 1. The van der Waals surface area contributed by atoms with Crippen molar-refractivity contribution < 1.29 is 10.2 Å². The number of aliphatic hydroxyl groups excluding tert-OH is 1. The molecule has 2 aliphatic carbocycles. The molecule has 0 unspecified atom stereocenters. The lowest BCUT2D eigenvalue weighted by atomic mass is 9.51. The second kappa shape index (κ2) is 4.86. The Hall–Kier alpha value is -1.28. The molecule has 2 nitrogen and oxygen atoms in total. The molecule has 0 bridgehead atoms. The molecule has 1 aromatic rings. The van der Waals surface area contributed by atoms with Gasteiger partial charge in [0.2, 0.25) is 0 Å². The van der Waals surface area contributed by atoms with Crippen molar-refractivity contribution in [3.05, 3.63) is 34.9 Å². The van der Waals surface area contributed by atoms with Crippen LogP contribution in [-0.2, 0) is 5.41 Å². The summed E-state index contributed by atoms with van der Waals surface area (Å²) in [5.41, 5.74) is 3.32. The van der Waals surface area contributed by atoms with Crippen molar-refractivity contribution in [1.29, 1.82) is 0 Å². The highest BCUT2D eigenvalue weighted by Crippen LogP contribution is 2.56.